The van der Waals surface area contributed by atoms with Crippen LogP contribution in [-0.2, 0) is 16.0 Å². The lowest BCUT2D eigenvalue weighted by molar-refractivity contribution is -0.147. The lowest BCUT2D eigenvalue weighted by Crippen LogP contribution is -2.25. The second-order valence-electron chi connectivity index (χ2n) is 6.63. The molecule has 1 N–H and O–H groups in total. The number of H-pyrrole nitrogens is 1. The van der Waals surface area contributed by atoms with E-state index in [-0.39, 0.29) is 0 Å². The monoisotopic (exact) mass is 359 g/mol. The molecule has 4 aromatic rings. The van der Waals surface area contributed by atoms with Crippen molar-refractivity contribution < 1.29 is 14.3 Å². The first kappa shape index (κ1) is 17.2. The van der Waals surface area contributed by atoms with Crippen molar-refractivity contribution in [3.63, 3.8) is 0 Å². The molecule has 1 atom stereocenters. The number of rotatable bonds is 5. The summed E-state index contributed by atoms with van der Waals surface area (Å²) < 4.78 is 10.7. The van der Waals surface area contributed by atoms with Crippen LogP contribution >= 0.6 is 0 Å². The molecule has 1 aromatic heterocycles. The van der Waals surface area contributed by atoms with Crippen LogP contribution in [0.25, 0.3) is 21.7 Å². The predicted octanol–water partition coefficient (Wildman–Crippen LogP) is 4.85. The molecule has 3 aromatic carbocycles. The highest BCUT2D eigenvalue weighted by molar-refractivity contribution is 5.90. The SMILES string of the molecule is COC(=O)C(C)Oc1cccc2[nH]cc(Cc3ccc4ccccc4c3)c12. The first-order valence-corrected chi connectivity index (χ1v) is 8.97. The summed E-state index contributed by atoms with van der Waals surface area (Å²) in [6.45, 7) is 1.69. The van der Waals surface area contributed by atoms with E-state index in [9.17, 15) is 4.79 Å². The van der Waals surface area contributed by atoms with E-state index < -0.39 is 12.1 Å². The third-order valence-electron chi connectivity index (χ3n) is 4.79. The summed E-state index contributed by atoms with van der Waals surface area (Å²) in [6, 6.07) is 20.7. The number of nitrogens with one attached hydrogen (secondary N) is 1. The summed E-state index contributed by atoms with van der Waals surface area (Å²) in [7, 11) is 1.37. The Balaban J connectivity index is 1.70. The first-order valence-electron chi connectivity index (χ1n) is 8.97. The molecule has 4 nitrogen and oxygen atoms in total. The van der Waals surface area contributed by atoms with Crippen LogP contribution in [-0.4, -0.2) is 24.2 Å². The number of aromatic amines is 1. The average molecular weight is 359 g/mol. The fourth-order valence-corrected chi connectivity index (χ4v) is 3.43. The number of hydrogen-bond donors (Lipinski definition) is 1. The van der Waals surface area contributed by atoms with Crippen molar-refractivity contribution in [3.8, 4) is 5.75 Å². The van der Waals surface area contributed by atoms with Crippen molar-refractivity contribution >= 4 is 27.6 Å². The molecule has 1 unspecified atom stereocenters. The molecule has 0 fully saturated rings. The minimum atomic E-state index is -0.663. The van der Waals surface area contributed by atoms with Crippen LogP contribution in [0.5, 0.6) is 5.75 Å². The van der Waals surface area contributed by atoms with E-state index in [4.69, 9.17) is 9.47 Å². The van der Waals surface area contributed by atoms with E-state index in [0.717, 1.165) is 22.9 Å². The molecule has 136 valence electrons. The standard InChI is InChI=1S/C23H21NO3/c1-15(23(25)26-2)27-21-9-5-8-20-22(21)19(14-24-20)13-16-10-11-17-6-3-4-7-18(17)12-16/h3-12,14-15,24H,13H2,1-2H3. The minimum absolute atomic E-state index is 0.390. The van der Waals surface area contributed by atoms with E-state index in [0.29, 0.717) is 5.75 Å². The zero-order valence-electron chi connectivity index (χ0n) is 15.4. The Labute approximate surface area is 157 Å². The van der Waals surface area contributed by atoms with Crippen molar-refractivity contribution in [1.82, 2.24) is 4.98 Å². The summed E-state index contributed by atoms with van der Waals surface area (Å²) in [5.41, 5.74) is 3.35. The average Bonchev–Trinajstić information content (AvgIpc) is 3.11. The first-order chi connectivity index (χ1) is 13.2. The van der Waals surface area contributed by atoms with Crippen molar-refractivity contribution in [1.29, 1.82) is 0 Å². The third-order valence-corrected chi connectivity index (χ3v) is 4.79. The number of methoxy groups -OCH3 is 1. The van der Waals surface area contributed by atoms with Crippen LogP contribution in [0.2, 0.25) is 0 Å². The van der Waals surface area contributed by atoms with E-state index in [2.05, 4.69) is 41.4 Å². The molecule has 0 saturated carbocycles. The highest BCUT2D eigenvalue weighted by Crippen LogP contribution is 2.31. The normalized spacial score (nSPS) is 12.2. The lowest BCUT2D eigenvalue weighted by Gasteiger charge is -2.14. The summed E-state index contributed by atoms with van der Waals surface area (Å²) in [5, 5.41) is 3.46. The van der Waals surface area contributed by atoms with Gasteiger partial charge in [-0.05, 0) is 47.4 Å². The summed E-state index contributed by atoms with van der Waals surface area (Å²) >= 11 is 0. The number of benzene rings is 3. The van der Waals surface area contributed by atoms with Crippen molar-refractivity contribution in [2.75, 3.05) is 7.11 Å². The van der Waals surface area contributed by atoms with Gasteiger partial charge in [0.05, 0.1) is 7.11 Å². The molecular weight excluding hydrogens is 338 g/mol. The molecule has 0 spiro atoms. The second kappa shape index (κ2) is 7.16. The number of carbonyl (C=O) groups is 1. The lowest BCUT2D eigenvalue weighted by atomic mass is 10.0. The van der Waals surface area contributed by atoms with Gasteiger partial charge in [-0.25, -0.2) is 4.79 Å². The number of hydrogen-bond acceptors (Lipinski definition) is 3. The minimum Gasteiger partial charge on any atom is -0.478 e. The Morgan fingerprint density at radius 2 is 1.85 bits per heavy atom. The van der Waals surface area contributed by atoms with E-state index in [1.54, 1.807) is 6.92 Å². The Morgan fingerprint density at radius 3 is 2.67 bits per heavy atom. The van der Waals surface area contributed by atoms with E-state index in [1.807, 2.05) is 30.5 Å². The molecule has 0 aliphatic heterocycles. The third kappa shape index (κ3) is 3.38. The highest BCUT2D eigenvalue weighted by Gasteiger charge is 2.18. The number of fused-ring (bicyclic) bond motifs is 2. The molecule has 0 amide bonds. The molecule has 1 heterocycles. The molecule has 0 radical (unpaired) electrons. The Bertz CT molecular complexity index is 1110. The molecule has 0 saturated heterocycles. The highest BCUT2D eigenvalue weighted by atomic mass is 16.6. The van der Waals surface area contributed by atoms with Crippen molar-refractivity contribution in [3.05, 3.63) is 78.0 Å². The smallest absolute Gasteiger partial charge is 0.346 e. The zero-order chi connectivity index (χ0) is 18.8. The summed E-state index contributed by atoms with van der Waals surface area (Å²) in [4.78, 5) is 15.0. The van der Waals surface area contributed by atoms with Gasteiger partial charge < -0.3 is 14.5 Å². The van der Waals surface area contributed by atoms with Gasteiger partial charge in [-0.15, -0.1) is 0 Å². The number of ether oxygens (including phenoxy) is 2. The Morgan fingerprint density at radius 1 is 1.04 bits per heavy atom. The van der Waals surface area contributed by atoms with Gasteiger partial charge in [0.15, 0.2) is 6.10 Å². The molecule has 27 heavy (non-hydrogen) atoms. The zero-order valence-corrected chi connectivity index (χ0v) is 15.4. The summed E-state index contributed by atoms with van der Waals surface area (Å²) in [5.74, 6) is 0.293. The van der Waals surface area contributed by atoms with Crippen LogP contribution in [0.1, 0.15) is 18.1 Å². The summed E-state index contributed by atoms with van der Waals surface area (Å²) in [6.07, 6.45) is 2.12. The Kier molecular flexibility index (Phi) is 4.55. The van der Waals surface area contributed by atoms with Crippen LogP contribution in [0.4, 0.5) is 0 Å². The van der Waals surface area contributed by atoms with Crippen LogP contribution in [0.3, 0.4) is 0 Å². The maximum absolute atomic E-state index is 11.7. The van der Waals surface area contributed by atoms with Crippen molar-refractivity contribution in [2.24, 2.45) is 0 Å². The van der Waals surface area contributed by atoms with Crippen molar-refractivity contribution in [2.45, 2.75) is 19.4 Å². The van der Waals surface area contributed by atoms with E-state index >= 15 is 0 Å². The maximum Gasteiger partial charge on any atom is 0.346 e. The van der Waals surface area contributed by atoms with Gasteiger partial charge in [0.1, 0.15) is 5.75 Å². The molecule has 0 bridgehead atoms. The molecule has 4 rings (SSSR count). The fourth-order valence-electron chi connectivity index (χ4n) is 3.43. The van der Waals surface area contributed by atoms with Gasteiger partial charge in [0.25, 0.3) is 0 Å². The van der Waals surface area contributed by atoms with E-state index in [1.165, 1.54) is 23.4 Å². The number of esters is 1. The predicted molar refractivity (Wildman–Crippen MR) is 107 cm³/mol. The fraction of sp³-hybridized carbons (Fsp3) is 0.174. The van der Waals surface area contributed by atoms with Crippen LogP contribution < -0.4 is 4.74 Å². The van der Waals surface area contributed by atoms with Gasteiger partial charge in [-0.3, -0.25) is 0 Å². The van der Waals surface area contributed by atoms with Gasteiger partial charge >= 0.3 is 5.97 Å². The van der Waals surface area contributed by atoms with Gasteiger partial charge in [0, 0.05) is 17.1 Å². The largest absolute Gasteiger partial charge is 0.478 e. The molecule has 0 aliphatic carbocycles. The van der Waals surface area contributed by atoms with Crippen LogP contribution in [0.15, 0.2) is 66.9 Å². The maximum atomic E-state index is 11.7. The quantitative estimate of drug-likeness (QED) is 0.518. The van der Waals surface area contributed by atoms with Gasteiger partial charge in [-0.2, -0.15) is 0 Å². The number of carbonyl (C=O) groups excluding carboxylic acids is 1. The second-order valence-corrected chi connectivity index (χ2v) is 6.63. The van der Waals surface area contributed by atoms with Gasteiger partial charge in [0.2, 0.25) is 0 Å². The molecule has 0 aliphatic rings. The van der Waals surface area contributed by atoms with Gasteiger partial charge in [-0.1, -0.05) is 48.5 Å². The Hall–Kier alpha value is -3.27. The molecular formula is C23H21NO3. The topological polar surface area (TPSA) is 51.3 Å². The molecule has 4 heteroatoms. The van der Waals surface area contributed by atoms with Crippen LogP contribution in [0, 0.1) is 0 Å². The number of aromatic nitrogens is 1.